The lowest BCUT2D eigenvalue weighted by atomic mass is 9.95. The molecular formula is C12H18O3. The van der Waals surface area contributed by atoms with Crippen LogP contribution in [0.4, 0.5) is 0 Å². The van der Waals surface area contributed by atoms with Crippen LogP contribution in [-0.4, -0.2) is 18.2 Å². The lowest BCUT2D eigenvalue weighted by Gasteiger charge is -2.27. The molecule has 1 aliphatic rings. The van der Waals surface area contributed by atoms with Crippen LogP contribution in [0.5, 0.6) is 0 Å². The molecule has 15 heavy (non-hydrogen) atoms. The standard InChI is InChI=1S/C12H18O3/c1-4-14-10-5-7-11(8-6-10)15-12(13)9(2)3/h4,10-11H,1-2,5-8H2,3H3. The Morgan fingerprint density at radius 2 is 1.80 bits per heavy atom. The Balaban J connectivity index is 2.28. The van der Waals surface area contributed by atoms with Crippen LogP contribution in [-0.2, 0) is 14.3 Å². The van der Waals surface area contributed by atoms with Gasteiger partial charge in [-0.05, 0) is 32.6 Å². The highest BCUT2D eigenvalue weighted by Crippen LogP contribution is 2.24. The molecule has 0 aliphatic heterocycles. The van der Waals surface area contributed by atoms with E-state index in [4.69, 9.17) is 9.47 Å². The molecule has 0 radical (unpaired) electrons. The van der Waals surface area contributed by atoms with Crippen molar-refractivity contribution in [1.82, 2.24) is 0 Å². The molecule has 0 amide bonds. The first-order valence-corrected chi connectivity index (χ1v) is 5.26. The van der Waals surface area contributed by atoms with Crippen molar-refractivity contribution in [2.24, 2.45) is 0 Å². The number of rotatable bonds is 4. The fraction of sp³-hybridized carbons (Fsp3) is 0.583. The van der Waals surface area contributed by atoms with E-state index in [1.807, 2.05) is 0 Å². The van der Waals surface area contributed by atoms with Gasteiger partial charge >= 0.3 is 5.97 Å². The van der Waals surface area contributed by atoms with Crippen LogP contribution in [0.25, 0.3) is 0 Å². The van der Waals surface area contributed by atoms with Crippen molar-refractivity contribution in [2.45, 2.75) is 44.8 Å². The molecule has 0 saturated heterocycles. The molecule has 0 spiro atoms. The van der Waals surface area contributed by atoms with Gasteiger partial charge in [0.15, 0.2) is 0 Å². The van der Waals surface area contributed by atoms with Gasteiger partial charge in [0, 0.05) is 5.57 Å². The molecule has 0 aromatic rings. The van der Waals surface area contributed by atoms with Gasteiger partial charge in [-0.2, -0.15) is 0 Å². The molecule has 3 heteroatoms. The van der Waals surface area contributed by atoms with Gasteiger partial charge in [-0.15, -0.1) is 0 Å². The first-order chi connectivity index (χ1) is 7.13. The Morgan fingerprint density at radius 1 is 1.27 bits per heavy atom. The Kier molecular flexibility index (Phi) is 4.40. The molecule has 0 aromatic carbocycles. The van der Waals surface area contributed by atoms with Gasteiger partial charge in [0.2, 0.25) is 0 Å². The number of carbonyl (C=O) groups is 1. The van der Waals surface area contributed by atoms with E-state index in [-0.39, 0.29) is 18.2 Å². The zero-order chi connectivity index (χ0) is 11.3. The monoisotopic (exact) mass is 210 g/mol. The normalized spacial score (nSPS) is 25.4. The van der Waals surface area contributed by atoms with Gasteiger partial charge in [-0.1, -0.05) is 13.2 Å². The molecule has 0 bridgehead atoms. The highest BCUT2D eigenvalue weighted by molar-refractivity contribution is 5.87. The van der Waals surface area contributed by atoms with E-state index in [1.165, 1.54) is 6.26 Å². The summed E-state index contributed by atoms with van der Waals surface area (Å²) in [5.74, 6) is -0.289. The molecule has 3 nitrogen and oxygen atoms in total. The molecule has 84 valence electrons. The van der Waals surface area contributed by atoms with Gasteiger partial charge in [-0.25, -0.2) is 4.79 Å². The van der Waals surface area contributed by atoms with Crippen LogP contribution in [0.15, 0.2) is 25.0 Å². The summed E-state index contributed by atoms with van der Waals surface area (Å²) in [6, 6.07) is 0. The van der Waals surface area contributed by atoms with Crippen molar-refractivity contribution in [2.75, 3.05) is 0 Å². The summed E-state index contributed by atoms with van der Waals surface area (Å²) in [6.45, 7) is 8.74. The molecule has 0 atom stereocenters. The van der Waals surface area contributed by atoms with E-state index in [9.17, 15) is 4.79 Å². The van der Waals surface area contributed by atoms with Gasteiger partial charge in [-0.3, -0.25) is 0 Å². The summed E-state index contributed by atoms with van der Waals surface area (Å²) in [6.07, 6.45) is 5.29. The second kappa shape index (κ2) is 5.59. The zero-order valence-electron chi connectivity index (χ0n) is 9.20. The summed E-state index contributed by atoms with van der Waals surface area (Å²) in [7, 11) is 0. The fourth-order valence-corrected chi connectivity index (χ4v) is 1.67. The minimum absolute atomic E-state index is 0.0267. The van der Waals surface area contributed by atoms with Crippen LogP contribution in [0.3, 0.4) is 0 Å². The number of hydrogen-bond acceptors (Lipinski definition) is 3. The summed E-state index contributed by atoms with van der Waals surface area (Å²) in [5.41, 5.74) is 0.458. The second-order valence-electron chi connectivity index (χ2n) is 3.89. The van der Waals surface area contributed by atoms with Crippen molar-refractivity contribution in [1.29, 1.82) is 0 Å². The Labute approximate surface area is 90.8 Å². The van der Waals surface area contributed by atoms with Gasteiger partial charge in [0.25, 0.3) is 0 Å². The minimum Gasteiger partial charge on any atom is -0.499 e. The maximum Gasteiger partial charge on any atom is 0.333 e. The summed E-state index contributed by atoms with van der Waals surface area (Å²) in [4.78, 5) is 11.2. The van der Waals surface area contributed by atoms with Crippen LogP contribution >= 0.6 is 0 Å². The Bertz CT molecular complexity index is 250. The molecule has 0 N–H and O–H groups in total. The Morgan fingerprint density at radius 3 is 2.27 bits per heavy atom. The molecule has 1 rings (SSSR count). The third-order valence-electron chi connectivity index (χ3n) is 2.53. The number of hydrogen-bond donors (Lipinski definition) is 0. The predicted octanol–water partition coefficient (Wildman–Crippen LogP) is 2.58. The maximum atomic E-state index is 11.2. The first-order valence-electron chi connectivity index (χ1n) is 5.26. The van der Waals surface area contributed by atoms with Crippen molar-refractivity contribution >= 4 is 5.97 Å². The third kappa shape index (κ3) is 3.78. The van der Waals surface area contributed by atoms with Crippen molar-refractivity contribution < 1.29 is 14.3 Å². The highest BCUT2D eigenvalue weighted by Gasteiger charge is 2.24. The molecule has 1 fully saturated rings. The highest BCUT2D eigenvalue weighted by atomic mass is 16.5. The lowest BCUT2D eigenvalue weighted by molar-refractivity contribution is -0.146. The zero-order valence-corrected chi connectivity index (χ0v) is 9.20. The largest absolute Gasteiger partial charge is 0.499 e. The topological polar surface area (TPSA) is 35.5 Å². The molecule has 0 unspecified atom stereocenters. The number of carbonyl (C=O) groups excluding carboxylic acids is 1. The van der Waals surface area contributed by atoms with Crippen LogP contribution in [0.1, 0.15) is 32.6 Å². The molecule has 0 heterocycles. The number of esters is 1. The van der Waals surface area contributed by atoms with Gasteiger partial charge in [0.05, 0.1) is 12.4 Å². The predicted molar refractivity (Wildman–Crippen MR) is 58.2 cm³/mol. The summed E-state index contributed by atoms with van der Waals surface area (Å²) < 4.78 is 10.5. The average molecular weight is 210 g/mol. The summed E-state index contributed by atoms with van der Waals surface area (Å²) in [5, 5.41) is 0. The maximum absolute atomic E-state index is 11.2. The quantitative estimate of drug-likeness (QED) is 0.406. The van der Waals surface area contributed by atoms with Crippen LogP contribution in [0.2, 0.25) is 0 Å². The van der Waals surface area contributed by atoms with E-state index >= 15 is 0 Å². The Hall–Kier alpha value is -1.25. The van der Waals surface area contributed by atoms with E-state index in [0.29, 0.717) is 5.57 Å². The lowest BCUT2D eigenvalue weighted by Crippen LogP contribution is -2.27. The fourth-order valence-electron chi connectivity index (χ4n) is 1.67. The number of ether oxygens (including phenoxy) is 2. The third-order valence-corrected chi connectivity index (χ3v) is 2.53. The second-order valence-corrected chi connectivity index (χ2v) is 3.89. The van der Waals surface area contributed by atoms with Crippen molar-refractivity contribution in [3.8, 4) is 0 Å². The van der Waals surface area contributed by atoms with Gasteiger partial charge < -0.3 is 9.47 Å². The van der Waals surface area contributed by atoms with Crippen LogP contribution in [0, 0.1) is 0 Å². The first kappa shape index (κ1) is 11.8. The van der Waals surface area contributed by atoms with Crippen molar-refractivity contribution in [3.05, 3.63) is 25.0 Å². The minimum atomic E-state index is -0.289. The van der Waals surface area contributed by atoms with E-state index in [1.54, 1.807) is 6.92 Å². The molecule has 1 saturated carbocycles. The molecule has 1 aliphatic carbocycles. The van der Waals surface area contributed by atoms with E-state index < -0.39 is 0 Å². The van der Waals surface area contributed by atoms with Crippen LogP contribution < -0.4 is 0 Å². The van der Waals surface area contributed by atoms with Gasteiger partial charge in [0.1, 0.15) is 6.10 Å². The summed E-state index contributed by atoms with van der Waals surface area (Å²) >= 11 is 0. The van der Waals surface area contributed by atoms with Crippen molar-refractivity contribution in [3.63, 3.8) is 0 Å². The van der Waals surface area contributed by atoms with E-state index in [2.05, 4.69) is 13.2 Å². The SMILES string of the molecule is C=COC1CCC(OC(=O)C(=C)C)CC1. The average Bonchev–Trinajstić information content (AvgIpc) is 2.21. The smallest absolute Gasteiger partial charge is 0.333 e. The van der Waals surface area contributed by atoms with E-state index in [0.717, 1.165) is 25.7 Å². The molecular weight excluding hydrogens is 192 g/mol. The molecule has 0 aromatic heterocycles.